The molecular formula is C25H28N2O7. The van der Waals surface area contributed by atoms with Crippen molar-refractivity contribution in [2.45, 2.75) is 43.7 Å². The van der Waals surface area contributed by atoms with Crippen LogP contribution in [0.15, 0.2) is 82.5 Å². The summed E-state index contributed by atoms with van der Waals surface area (Å²) >= 11 is 0. The van der Waals surface area contributed by atoms with Gasteiger partial charge in [0.15, 0.2) is 6.23 Å². The lowest BCUT2D eigenvalue weighted by atomic mass is 9.90. The summed E-state index contributed by atoms with van der Waals surface area (Å²) in [6.45, 7) is 0.229. The van der Waals surface area contributed by atoms with Crippen LogP contribution in [0.5, 0.6) is 0 Å². The molecular weight excluding hydrogens is 440 g/mol. The molecule has 4 unspecified atom stereocenters. The van der Waals surface area contributed by atoms with E-state index in [1.807, 2.05) is 60.7 Å². The molecule has 180 valence electrons. The Bertz CT molecular complexity index is 1160. The maximum Gasteiger partial charge on any atom is 0.330 e. The van der Waals surface area contributed by atoms with E-state index in [0.717, 1.165) is 15.7 Å². The number of nitrogens with one attached hydrogen (secondary N) is 1. The molecule has 1 saturated heterocycles. The fourth-order valence-electron chi connectivity index (χ4n) is 4.19. The third-order valence-corrected chi connectivity index (χ3v) is 5.84. The van der Waals surface area contributed by atoms with Crippen molar-refractivity contribution in [2.24, 2.45) is 0 Å². The quantitative estimate of drug-likeness (QED) is 0.410. The van der Waals surface area contributed by atoms with Gasteiger partial charge in [0.1, 0.15) is 17.8 Å². The molecule has 0 saturated carbocycles. The second-order valence-electron chi connectivity index (χ2n) is 8.23. The van der Waals surface area contributed by atoms with E-state index in [0.29, 0.717) is 6.61 Å². The molecule has 0 amide bonds. The minimum Gasteiger partial charge on any atom is -0.396 e. The molecule has 9 heteroatoms. The molecule has 1 aliphatic heterocycles. The molecule has 34 heavy (non-hydrogen) atoms. The molecule has 0 radical (unpaired) electrons. The number of nitrogens with zero attached hydrogens (tertiary/aromatic N) is 1. The van der Waals surface area contributed by atoms with Crippen molar-refractivity contribution in [3.8, 4) is 0 Å². The van der Waals surface area contributed by atoms with Crippen LogP contribution in [0.2, 0.25) is 0 Å². The second kappa shape index (κ2) is 10.9. The number of aromatic nitrogens is 2. The molecule has 9 nitrogen and oxygen atoms in total. The number of hydrogen-bond donors (Lipinski definition) is 3. The SMILES string of the molecule is O=c1ccn(C2OC(COCc3ccccc3)C(OCc3ccccc3)C2(O)CCO)c(=O)[nH]1. The van der Waals surface area contributed by atoms with E-state index < -0.39 is 35.3 Å². The predicted octanol–water partition coefficient (Wildman–Crippen LogP) is 1.35. The van der Waals surface area contributed by atoms with Gasteiger partial charge in [0, 0.05) is 25.3 Å². The van der Waals surface area contributed by atoms with E-state index in [-0.39, 0.29) is 26.2 Å². The first-order chi connectivity index (χ1) is 16.5. The summed E-state index contributed by atoms with van der Waals surface area (Å²) in [5.41, 5.74) is -1.19. The molecule has 3 aromatic rings. The zero-order valence-electron chi connectivity index (χ0n) is 18.6. The lowest BCUT2D eigenvalue weighted by molar-refractivity contribution is -0.137. The fraction of sp³-hybridized carbons (Fsp3) is 0.360. The Labute approximate surface area is 196 Å². The van der Waals surface area contributed by atoms with E-state index in [4.69, 9.17) is 14.2 Å². The highest BCUT2D eigenvalue weighted by Crippen LogP contribution is 2.42. The van der Waals surface area contributed by atoms with Crippen LogP contribution in [0.4, 0.5) is 0 Å². The highest BCUT2D eigenvalue weighted by atomic mass is 16.6. The van der Waals surface area contributed by atoms with Crippen LogP contribution in [0.3, 0.4) is 0 Å². The van der Waals surface area contributed by atoms with Crippen molar-refractivity contribution in [2.75, 3.05) is 13.2 Å². The summed E-state index contributed by atoms with van der Waals surface area (Å²) in [4.78, 5) is 26.2. The maximum absolute atomic E-state index is 12.5. The van der Waals surface area contributed by atoms with E-state index in [9.17, 15) is 19.8 Å². The standard InChI is InChI=1S/C25H28N2O7/c28-14-12-25(31)22(33-16-19-9-5-2-6-10-19)20(17-32-15-18-7-3-1-4-8-18)34-23(25)27-13-11-21(29)26-24(27)30/h1-11,13,20,22-23,28,31H,12,14-17H2,(H,26,29,30). The van der Waals surface area contributed by atoms with Gasteiger partial charge < -0.3 is 24.4 Å². The molecule has 2 aromatic carbocycles. The number of H-pyrrole nitrogens is 1. The van der Waals surface area contributed by atoms with Gasteiger partial charge in [-0.25, -0.2) is 4.79 Å². The number of aliphatic hydroxyl groups is 2. The number of benzene rings is 2. The number of aliphatic hydroxyl groups excluding tert-OH is 1. The fourth-order valence-corrected chi connectivity index (χ4v) is 4.19. The van der Waals surface area contributed by atoms with E-state index in [1.165, 1.54) is 12.3 Å². The summed E-state index contributed by atoms with van der Waals surface area (Å²) in [5, 5.41) is 21.4. The van der Waals surface area contributed by atoms with Gasteiger partial charge in [-0.2, -0.15) is 0 Å². The van der Waals surface area contributed by atoms with Crippen molar-refractivity contribution in [1.82, 2.24) is 9.55 Å². The lowest BCUT2D eigenvalue weighted by Gasteiger charge is -2.33. The molecule has 1 fully saturated rings. The summed E-state index contributed by atoms with van der Waals surface area (Å²) in [7, 11) is 0. The summed E-state index contributed by atoms with van der Waals surface area (Å²) in [6.07, 6.45) is -1.71. The minimum atomic E-state index is -1.76. The normalized spacial score (nSPS) is 24.4. The zero-order valence-corrected chi connectivity index (χ0v) is 18.6. The Kier molecular flexibility index (Phi) is 7.71. The molecule has 4 atom stereocenters. The van der Waals surface area contributed by atoms with Gasteiger partial charge in [-0.15, -0.1) is 0 Å². The Balaban J connectivity index is 1.60. The third-order valence-electron chi connectivity index (χ3n) is 5.84. The minimum absolute atomic E-state index is 0.0801. The average Bonchev–Trinajstić information content (AvgIpc) is 3.10. The van der Waals surface area contributed by atoms with Crippen LogP contribution in [-0.4, -0.2) is 50.8 Å². The smallest absolute Gasteiger partial charge is 0.330 e. The van der Waals surface area contributed by atoms with Gasteiger partial charge in [0.05, 0.1) is 19.8 Å². The van der Waals surface area contributed by atoms with Gasteiger partial charge in [0.25, 0.3) is 5.56 Å². The number of hydrogen-bond acceptors (Lipinski definition) is 7. The summed E-state index contributed by atoms with van der Waals surface area (Å²) in [6, 6.07) is 20.2. The zero-order chi connectivity index (χ0) is 24.0. The van der Waals surface area contributed by atoms with Crippen LogP contribution >= 0.6 is 0 Å². The third kappa shape index (κ3) is 5.35. The monoisotopic (exact) mass is 468 g/mol. The van der Waals surface area contributed by atoms with Crippen molar-refractivity contribution in [3.05, 3.63) is 105 Å². The number of rotatable bonds is 10. The van der Waals surface area contributed by atoms with Gasteiger partial charge in [-0.3, -0.25) is 14.3 Å². The van der Waals surface area contributed by atoms with Gasteiger partial charge >= 0.3 is 5.69 Å². The number of aromatic amines is 1. The molecule has 0 spiro atoms. The van der Waals surface area contributed by atoms with Crippen LogP contribution in [-0.2, 0) is 27.4 Å². The molecule has 0 bridgehead atoms. The first kappa shape index (κ1) is 24.1. The Hall–Kier alpha value is -3.08. The molecule has 0 aliphatic carbocycles. The molecule has 1 aromatic heterocycles. The van der Waals surface area contributed by atoms with Crippen molar-refractivity contribution in [1.29, 1.82) is 0 Å². The van der Waals surface area contributed by atoms with Crippen LogP contribution in [0.1, 0.15) is 23.8 Å². The number of ether oxygens (including phenoxy) is 3. The van der Waals surface area contributed by atoms with Gasteiger partial charge in [0.2, 0.25) is 0 Å². The summed E-state index contributed by atoms with van der Waals surface area (Å²) < 4.78 is 19.2. The van der Waals surface area contributed by atoms with Gasteiger partial charge in [-0.1, -0.05) is 60.7 Å². The molecule has 3 N–H and O–H groups in total. The molecule has 1 aliphatic rings. The largest absolute Gasteiger partial charge is 0.396 e. The maximum atomic E-state index is 12.5. The first-order valence-electron chi connectivity index (χ1n) is 11.1. The van der Waals surface area contributed by atoms with Gasteiger partial charge in [-0.05, 0) is 11.1 Å². The highest BCUT2D eigenvalue weighted by Gasteiger charge is 2.57. The van der Waals surface area contributed by atoms with Crippen molar-refractivity contribution >= 4 is 0 Å². The average molecular weight is 469 g/mol. The Morgan fingerprint density at radius 2 is 1.62 bits per heavy atom. The summed E-state index contributed by atoms with van der Waals surface area (Å²) in [5.74, 6) is 0. The van der Waals surface area contributed by atoms with Crippen LogP contribution in [0, 0.1) is 0 Å². The van der Waals surface area contributed by atoms with E-state index in [2.05, 4.69) is 4.98 Å². The lowest BCUT2D eigenvalue weighted by Crippen LogP contribution is -2.51. The molecule has 4 rings (SSSR count). The van der Waals surface area contributed by atoms with E-state index in [1.54, 1.807) is 0 Å². The molecule has 2 heterocycles. The Morgan fingerprint density at radius 1 is 0.971 bits per heavy atom. The first-order valence-corrected chi connectivity index (χ1v) is 11.1. The van der Waals surface area contributed by atoms with E-state index >= 15 is 0 Å². The Morgan fingerprint density at radius 3 is 2.24 bits per heavy atom. The second-order valence-corrected chi connectivity index (χ2v) is 8.23. The van der Waals surface area contributed by atoms with Crippen LogP contribution < -0.4 is 11.2 Å². The highest BCUT2D eigenvalue weighted by molar-refractivity contribution is 5.15. The topological polar surface area (TPSA) is 123 Å². The predicted molar refractivity (Wildman–Crippen MR) is 123 cm³/mol. The van der Waals surface area contributed by atoms with Crippen LogP contribution in [0.25, 0.3) is 0 Å². The van der Waals surface area contributed by atoms with Crippen molar-refractivity contribution in [3.63, 3.8) is 0 Å². The van der Waals surface area contributed by atoms with Crippen molar-refractivity contribution < 1.29 is 24.4 Å².